The summed E-state index contributed by atoms with van der Waals surface area (Å²) in [6.07, 6.45) is 6.44. The molecule has 25 heavy (non-hydrogen) atoms. The van der Waals surface area contributed by atoms with E-state index < -0.39 is 0 Å². The van der Waals surface area contributed by atoms with Gasteiger partial charge in [-0.2, -0.15) is 0 Å². The molecule has 5 nitrogen and oxygen atoms in total. The highest BCUT2D eigenvalue weighted by atomic mass is 19.1. The summed E-state index contributed by atoms with van der Waals surface area (Å²) < 4.78 is 18.0. The fourth-order valence-electron chi connectivity index (χ4n) is 2.98. The van der Waals surface area contributed by atoms with Crippen LogP contribution in [0, 0.1) is 5.82 Å². The molecule has 1 fully saturated rings. The zero-order valence-electron chi connectivity index (χ0n) is 14.0. The quantitative estimate of drug-likeness (QED) is 0.645. The van der Waals surface area contributed by atoms with Crippen molar-refractivity contribution in [1.29, 1.82) is 0 Å². The van der Waals surface area contributed by atoms with Crippen LogP contribution in [0.2, 0.25) is 0 Å². The van der Waals surface area contributed by atoms with Crippen molar-refractivity contribution in [3.63, 3.8) is 0 Å². The fourth-order valence-corrected chi connectivity index (χ4v) is 2.98. The Morgan fingerprint density at radius 2 is 2.24 bits per heavy atom. The van der Waals surface area contributed by atoms with Crippen LogP contribution in [0.15, 0.2) is 42.8 Å². The fraction of sp³-hybridized carbons (Fsp3) is 0.263. The minimum absolute atomic E-state index is 0.225. The number of hydrogen-bond donors (Lipinski definition) is 1. The van der Waals surface area contributed by atoms with Crippen LogP contribution in [0.1, 0.15) is 22.3 Å². The summed E-state index contributed by atoms with van der Waals surface area (Å²) in [5, 5.41) is 3.33. The molecule has 1 aliphatic heterocycles. The minimum atomic E-state index is -0.344. The first kappa shape index (κ1) is 17.0. The van der Waals surface area contributed by atoms with Crippen LogP contribution in [0.5, 0.6) is 0 Å². The van der Waals surface area contributed by atoms with Crippen LogP contribution < -0.4 is 10.2 Å². The van der Waals surface area contributed by atoms with Gasteiger partial charge in [-0.15, -0.1) is 0 Å². The third-order valence-electron chi connectivity index (χ3n) is 4.18. The SMILES string of the molecule is COC=Cc1cc(C=O)ccc1N1CCC(Nc2ccc(F)cn2)C1. The smallest absolute Gasteiger partial charge is 0.150 e. The van der Waals surface area contributed by atoms with E-state index in [1.54, 1.807) is 19.4 Å². The maximum Gasteiger partial charge on any atom is 0.150 e. The van der Waals surface area contributed by atoms with Gasteiger partial charge in [-0.25, -0.2) is 9.37 Å². The lowest BCUT2D eigenvalue weighted by atomic mass is 10.1. The number of nitrogens with one attached hydrogen (secondary N) is 1. The summed E-state index contributed by atoms with van der Waals surface area (Å²) >= 11 is 0. The zero-order chi connectivity index (χ0) is 17.6. The van der Waals surface area contributed by atoms with E-state index in [1.807, 2.05) is 24.3 Å². The molecule has 1 unspecified atom stereocenters. The molecule has 130 valence electrons. The van der Waals surface area contributed by atoms with Crippen LogP contribution in [0.25, 0.3) is 6.08 Å². The Morgan fingerprint density at radius 1 is 1.36 bits per heavy atom. The number of carbonyl (C=O) groups excluding carboxylic acids is 1. The molecule has 1 atom stereocenters. The second kappa shape index (κ2) is 7.79. The zero-order valence-corrected chi connectivity index (χ0v) is 14.0. The normalized spacial score (nSPS) is 17.0. The average molecular weight is 341 g/mol. The number of methoxy groups -OCH3 is 1. The van der Waals surface area contributed by atoms with Gasteiger partial charge in [0, 0.05) is 35.9 Å². The largest absolute Gasteiger partial charge is 0.504 e. The summed E-state index contributed by atoms with van der Waals surface area (Å²) in [5.41, 5.74) is 2.62. The molecule has 0 spiro atoms. The minimum Gasteiger partial charge on any atom is -0.504 e. The maximum absolute atomic E-state index is 13.0. The second-order valence-corrected chi connectivity index (χ2v) is 5.91. The van der Waals surface area contributed by atoms with Crippen LogP contribution in [-0.2, 0) is 4.74 Å². The molecule has 6 heteroatoms. The van der Waals surface area contributed by atoms with Gasteiger partial charge in [0.25, 0.3) is 0 Å². The molecule has 1 aliphatic rings. The third-order valence-corrected chi connectivity index (χ3v) is 4.18. The van der Waals surface area contributed by atoms with E-state index >= 15 is 0 Å². The molecular formula is C19H20FN3O2. The van der Waals surface area contributed by atoms with E-state index in [4.69, 9.17) is 4.74 Å². The molecule has 0 amide bonds. The van der Waals surface area contributed by atoms with Crippen molar-refractivity contribution >= 4 is 23.9 Å². The standard InChI is InChI=1S/C19H20FN3O2/c1-25-9-7-15-10-14(13-24)2-4-18(15)23-8-6-17(12-23)22-19-5-3-16(20)11-21-19/h2-5,7,9-11,13,17H,6,8,12H2,1H3,(H,21,22). The molecule has 1 saturated heterocycles. The van der Waals surface area contributed by atoms with Gasteiger partial charge in [0.05, 0.1) is 19.6 Å². The molecule has 0 bridgehead atoms. The Morgan fingerprint density at radius 3 is 2.96 bits per heavy atom. The van der Waals surface area contributed by atoms with Gasteiger partial charge in [0.2, 0.25) is 0 Å². The number of aldehydes is 1. The van der Waals surface area contributed by atoms with Crippen molar-refractivity contribution < 1.29 is 13.9 Å². The van der Waals surface area contributed by atoms with Gasteiger partial charge < -0.3 is 15.0 Å². The lowest BCUT2D eigenvalue weighted by molar-refractivity contribution is 0.112. The lowest BCUT2D eigenvalue weighted by Gasteiger charge is -2.21. The van der Waals surface area contributed by atoms with Crippen LogP contribution in [0.4, 0.5) is 15.9 Å². The van der Waals surface area contributed by atoms with Crippen LogP contribution in [-0.4, -0.2) is 37.5 Å². The Labute approximate surface area is 146 Å². The van der Waals surface area contributed by atoms with Gasteiger partial charge >= 0.3 is 0 Å². The summed E-state index contributed by atoms with van der Waals surface area (Å²) in [7, 11) is 1.59. The van der Waals surface area contributed by atoms with Gasteiger partial charge in [-0.05, 0) is 42.8 Å². The molecule has 3 rings (SSSR count). The number of halogens is 1. The number of nitrogens with zero attached hydrogens (tertiary/aromatic N) is 2. The number of benzene rings is 1. The van der Waals surface area contributed by atoms with Crippen molar-refractivity contribution in [2.24, 2.45) is 0 Å². The average Bonchev–Trinajstić information content (AvgIpc) is 3.10. The van der Waals surface area contributed by atoms with Crippen molar-refractivity contribution in [1.82, 2.24) is 4.98 Å². The number of pyridine rings is 1. The summed E-state index contributed by atoms with van der Waals surface area (Å²) in [4.78, 5) is 17.3. The Balaban J connectivity index is 1.73. The predicted octanol–water partition coefficient (Wildman–Crippen LogP) is 3.34. The van der Waals surface area contributed by atoms with Gasteiger partial charge in [-0.3, -0.25) is 4.79 Å². The Hall–Kier alpha value is -2.89. The second-order valence-electron chi connectivity index (χ2n) is 5.91. The monoisotopic (exact) mass is 341 g/mol. The summed E-state index contributed by atoms with van der Waals surface area (Å²) in [6, 6.07) is 8.88. The Kier molecular flexibility index (Phi) is 5.28. The van der Waals surface area contributed by atoms with Crippen molar-refractivity contribution in [2.45, 2.75) is 12.5 Å². The molecule has 0 saturated carbocycles. The molecule has 2 heterocycles. The molecular weight excluding hydrogens is 321 g/mol. The highest BCUT2D eigenvalue weighted by molar-refractivity contribution is 5.80. The molecule has 0 aliphatic carbocycles. The van der Waals surface area contributed by atoms with Crippen molar-refractivity contribution in [2.75, 3.05) is 30.4 Å². The van der Waals surface area contributed by atoms with E-state index in [0.29, 0.717) is 11.4 Å². The van der Waals surface area contributed by atoms with E-state index in [1.165, 1.54) is 12.3 Å². The molecule has 1 aromatic carbocycles. The first-order valence-corrected chi connectivity index (χ1v) is 8.11. The highest BCUT2D eigenvalue weighted by Crippen LogP contribution is 2.27. The molecule has 2 aromatic rings. The van der Waals surface area contributed by atoms with E-state index in [9.17, 15) is 9.18 Å². The van der Waals surface area contributed by atoms with Gasteiger partial charge in [-0.1, -0.05) is 0 Å². The molecule has 1 N–H and O–H groups in total. The van der Waals surface area contributed by atoms with Crippen molar-refractivity contribution in [3.05, 3.63) is 59.7 Å². The van der Waals surface area contributed by atoms with Gasteiger partial charge in [0.15, 0.2) is 0 Å². The van der Waals surface area contributed by atoms with E-state index in [-0.39, 0.29) is 11.9 Å². The van der Waals surface area contributed by atoms with Gasteiger partial charge in [0.1, 0.15) is 17.9 Å². The number of hydrogen-bond acceptors (Lipinski definition) is 5. The first-order chi connectivity index (χ1) is 12.2. The number of anilines is 2. The van der Waals surface area contributed by atoms with E-state index in [2.05, 4.69) is 15.2 Å². The summed E-state index contributed by atoms with van der Waals surface area (Å²) in [6.45, 7) is 1.68. The summed E-state index contributed by atoms with van der Waals surface area (Å²) in [5.74, 6) is 0.326. The first-order valence-electron chi connectivity index (χ1n) is 8.11. The third kappa shape index (κ3) is 4.15. The maximum atomic E-state index is 13.0. The van der Waals surface area contributed by atoms with Crippen LogP contribution in [0.3, 0.4) is 0 Å². The van der Waals surface area contributed by atoms with Crippen LogP contribution >= 0.6 is 0 Å². The molecule has 0 radical (unpaired) electrons. The molecule has 1 aromatic heterocycles. The number of ether oxygens (including phenoxy) is 1. The number of carbonyl (C=O) groups is 1. The highest BCUT2D eigenvalue weighted by Gasteiger charge is 2.24. The number of aromatic nitrogens is 1. The van der Waals surface area contributed by atoms with E-state index in [0.717, 1.165) is 37.0 Å². The topological polar surface area (TPSA) is 54.5 Å². The Bertz CT molecular complexity index is 762. The van der Waals surface area contributed by atoms with Crippen molar-refractivity contribution in [3.8, 4) is 0 Å². The lowest BCUT2D eigenvalue weighted by Crippen LogP contribution is -2.26. The predicted molar refractivity (Wildman–Crippen MR) is 96.3 cm³/mol. The number of rotatable bonds is 6.